The maximum Gasteiger partial charge on any atom is 0.119 e. The summed E-state index contributed by atoms with van der Waals surface area (Å²) in [6.07, 6.45) is 0.676. The third-order valence-electron chi connectivity index (χ3n) is 2.04. The minimum absolute atomic E-state index is 0.0476. The molecule has 0 fully saturated rings. The fourth-order valence-corrected chi connectivity index (χ4v) is 1.55. The van der Waals surface area contributed by atoms with Gasteiger partial charge in [-0.2, -0.15) is 0 Å². The van der Waals surface area contributed by atoms with Gasteiger partial charge in [0, 0.05) is 13.5 Å². The molecule has 0 radical (unpaired) electrons. The van der Waals surface area contributed by atoms with Crippen LogP contribution in [0.2, 0.25) is 0 Å². The number of benzene rings is 1. The summed E-state index contributed by atoms with van der Waals surface area (Å²) in [5.41, 5.74) is 6.56. The largest absolute Gasteiger partial charge is 0.488 e. The minimum Gasteiger partial charge on any atom is -0.488 e. The van der Waals surface area contributed by atoms with Crippen molar-refractivity contribution in [1.29, 1.82) is 0 Å². The molecule has 0 saturated heterocycles. The molecule has 1 aromatic carbocycles. The van der Waals surface area contributed by atoms with E-state index in [0.29, 0.717) is 18.0 Å². The van der Waals surface area contributed by atoms with E-state index in [2.05, 4.69) is 0 Å². The highest BCUT2D eigenvalue weighted by Gasteiger charge is 2.03. The molecule has 1 aromatic rings. The Hall–Kier alpha value is -1.13. The van der Waals surface area contributed by atoms with Crippen LogP contribution in [0.25, 0.3) is 0 Å². The average molecular weight is 239 g/mol. The van der Waals surface area contributed by atoms with E-state index in [9.17, 15) is 0 Å². The van der Waals surface area contributed by atoms with Crippen LogP contribution in [0.5, 0.6) is 5.75 Å². The second kappa shape index (κ2) is 6.45. The van der Waals surface area contributed by atoms with Crippen molar-refractivity contribution in [1.82, 2.24) is 0 Å². The van der Waals surface area contributed by atoms with Gasteiger partial charge < -0.3 is 15.2 Å². The van der Waals surface area contributed by atoms with Crippen molar-refractivity contribution in [3.63, 3.8) is 0 Å². The zero-order valence-corrected chi connectivity index (χ0v) is 10.4. The summed E-state index contributed by atoms with van der Waals surface area (Å²) < 4.78 is 10.6. The predicted molar refractivity (Wildman–Crippen MR) is 68.9 cm³/mol. The van der Waals surface area contributed by atoms with Gasteiger partial charge in [-0.1, -0.05) is 24.4 Å². The summed E-state index contributed by atoms with van der Waals surface area (Å²) in [5.74, 6) is 0.830. The first kappa shape index (κ1) is 12.9. The fourth-order valence-electron chi connectivity index (χ4n) is 1.39. The Bertz CT molecular complexity index is 337. The summed E-state index contributed by atoms with van der Waals surface area (Å²) >= 11 is 4.84. The van der Waals surface area contributed by atoms with Crippen molar-refractivity contribution in [3.05, 3.63) is 29.8 Å². The number of methoxy groups -OCH3 is 1. The number of thiocarbonyl (C=S) groups is 1. The van der Waals surface area contributed by atoms with Crippen molar-refractivity contribution in [2.24, 2.45) is 5.73 Å². The molecule has 88 valence electrons. The monoisotopic (exact) mass is 239 g/mol. The fraction of sp³-hybridized carbons (Fsp3) is 0.417. The summed E-state index contributed by atoms with van der Waals surface area (Å²) in [4.78, 5) is 0.501. The molecular formula is C12H17NO2S. The van der Waals surface area contributed by atoms with Gasteiger partial charge in [-0.25, -0.2) is 0 Å². The van der Waals surface area contributed by atoms with Crippen LogP contribution in [-0.2, 0) is 11.2 Å². The lowest BCUT2D eigenvalue weighted by Gasteiger charge is -2.13. The molecule has 3 nitrogen and oxygen atoms in total. The van der Waals surface area contributed by atoms with E-state index in [0.717, 1.165) is 11.3 Å². The molecule has 16 heavy (non-hydrogen) atoms. The Morgan fingerprint density at radius 2 is 2.00 bits per heavy atom. The molecule has 2 N–H and O–H groups in total. The Kier molecular flexibility index (Phi) is 5.22. The van der Waals surface area contributed by atoms with E-state index in [4.69, 9.17) is 27.4 Å². The van der Waals surface area contributed by atoms with E-state index in [1.54, 1.807) is 7.11 Å². The van der Waals surface area contributed by atoms with Crippen LogP contribution in [0.1, 0.15) is 12.5 Å². The molecule has 1 unspecified atom stereocenters. The number of hydrogen-bond donors (Lipinski definition) is 1. The lowest BCUT2D eigenvalue weighted by molar-refractivity contribution is 0.0921. The van der Waals surface area contributed by atoms with Crippen LogP contribution in [-0.4, -0.2) is 24.8 Å². The Labute approximate surface area is 102 Å². The maximum absolute atomic E-state index is 5.63. The maximum atomic E-state index is 5.63. The molecule has 0 spiro atoms. The quantitative estimate of drug-likeness (QED) is 0.770. The van der Waals surface area contributed by atoms with E-state index >= 15 is 0 Å². The standard InChI is InChI=1S/C12H17NO2S/c1-9(8-14-2)15-11-5-3-10(4-6-11)7-12(13)16/h3-6,9H,7-8H2,1-2H3,(H2,13,16). The van der Waals surface area contributed by atoms with Crippen molar-refractivity contribution >= 4 is 17.2 Å². The first-order chi connectivity index (χ1) is 7.61. The Morgan fingerprint density at radius 1 is 1.38 bits per heavy atom. The van der Waals surface area contributed by atoms with E-state index in [-0.39, 0.29) is 6.10 Å². The molecule has 4 heteroatoms. The van der Waals surface area contributed by atoms with Crippen molar-refractivity contribution < 1.29 is 9.47 Å². The predicted octanol–water partition coefficient (Wildman–Crippen LogP) is 1.93. The molecule has 0 aliphatic carbocycles. The van der Waals surface area contributed by atoms with E-state index in [1.165, 1.54) is 0 Å². The SMILES string of the molecule is COCC(C)Oc1ccc(CC(N)=S)cc1. The molecule has 0 amide bonds. The molecule has 0 aromatic heterocycles. The smallest absolute Gasteiger partial charge is 0.119 e. The zero-order chi connectivity index (χ0) is 12.0. The molecule has 0 saturated carbocycles. The van der Waals surface area contributed by atoms with Gasteiger partial charge in [0.05, 0.1) is 11.6 Å². The van der Waals surface area contributed by atoms with Gasteiger partial charge in [0.15, 0.2) is 0 Å². The number of hydrogen-bond acceptors (Lipinski definition) is 3. The lowest BCUT2D eigenvalue weighted by Crippen LogP contribution is -2.18. The molecule has 0 heterocycles. The highest BCUT2D eigenvalue weighted by molar-refractivity contribution is 7.80. The molecule has 0 bridgehead atoms. The third-order valence-corrected chi connectivity index (χ3v) is 2.18. The number of ether oxygens (including phenoxy) is 2. The van der Waals surface area contributed by atoms with Crippen LogP contribution in [0.4, 0.5) is 0 Å². The minimum atomic E-state index is 0.0476. The third kappa shape index (κ3) is 4.59. The Morgan fingerprint density at radius 3 is 2.50 bits per heavy atom. The van der Waals surface area contributed by atoms with Crippen LogP contribution in [0.3, 0.4) is 0 Å². The number of nitrogens with two attached hydrogens (primary N) is 1. The van der Waals surface area contributed by atoms with Crippen molar-refractivity contribution in [2.75, 3.05) is 13.7 Å². The molecule has 0 aliphatic heterocycles. The van der Waals surface area contributed by atoms with Gasteiger partial charge >= 0.3 is 0 Å². The van der Waals surface area contributed by atoms with Gasteiger partial charge in [-0.3, -0.25) is 0 Å². The molecular weight excluding hydrogens is 222 g/mol. The van der Waals surface area contributed by atoms with Crippen LogP contribution in [0, 0.1) is 0 Å². The van der Waals surface area contributed by atoms with E-state index in [1.807, 2.05) is 31.2 Å². The summed E-state index contributed by atoms with van der Waals surface area (Å²) in [5, 5.41) is 0. The van der Waals surface area contributed by atoms with Gasteiger partial charge in [-0.05, 0) is 24.6 Å². The van der Waals surface area contributed by atoms with Gasteiger partial charge in [0.1, 0.15) is 11.9 Å². The molecule has 1 rings (SSSR count). The first-order valence-electron chi connectivity index (χ1n) is 5.14. The topological polar surface area (TPSA) is 44.5 Å². The summed E-state index contributed by atoms with van der Waals surface area (Å²) in [6.45, 7) is 2.54. The first-order valence-corrected chi connectivity index (χ1v) is 5.55. The van der Waals surface area contributed by atoms with Gasteiger partial charge in [0.2, 0.25) is 0 Å². The molecule has 0 aliphatic rings. The van der Waals surface area contributed by atoms with Crippen LogP contribution < -0.4 is 10.5 Å². The number of rotatable bonds is 6. The van der Waals surface area contributed by atoms with Crippen molar-refractivity contribution in [2.45, 2.75) is 19.4 Å². The highest BCUT2D eigenvalue weighted by atomic mass is 32.1. The highest BCUT2D eigenvalue weighted by Crippen LogP contribution is 2.14. The van der Waals surface area contributed by atoms with Gasteiger partial charge in [0.25, 0.3) is 0 Å². The summed E-state index contributed by atoms with van der Waals surface area (Å²) in [7, 11) is 1.66. The second-order valence-corrected chi connectivity index (χ2v) is 4.20. The van der Waals surface area contributed by atoms with Gasteiger partial charge in [-0.15, -0.1) is 0 Å². The zero-order valence-electron chi connectivity index (χ0n) is 9.60. The summed E-state index contributed by atoms with van der Waals surface area (Å²) in [6, 6.07) is 7.77. The molecule has 1 atom stereocenters. The Balaban J connectivity index is 2.54. The van der Waals surface area contributed by atoms with E-state index < -0.39 is 0 Å². The van der Waals surface area contributed by atoms with Crippen LogP contribution in [0.15, 0.2) is 24.3 Å². The second-order valence-electron chi connectivity index (χ2n) is 3.67. The van der Waals surface area contributed by atoms with Crippen molar-refractivity contribution in [3.8, 4) is 5.75 Å². The average Bonchev–Trinajstić information content (AvgIpc) is 2.20. The van der Waals surface area contributed by atoms with Crippen LogP contribution >= 0.6 is 12.2 Å². The normalized spacial score (nSPS) is 12.1. The lowest BCUT2D eigenvalue weighted by atomic mass is 10.1.